The zero-order chi connectivity index (χ0) is 21.6. The van der Waals surface area contributed by atoms with Crippen molar-refractivity contribution in [2.24, 2.45) is 5.92 Å². The number of carbonyl (C=O) groups is 1. The van der Waals surface area contributed by atoms with Crippen LogP contribution in [0, 0.1) is 11.7 Å². The SMILES string of the molecule is COc1ccc(CNC(=O)[C@H]2CCCN(c3ccnc(-c4ccc(F)cc4)n3)C2)cc1. The van der Waals surface area contributed by atoms with Gasteiger partial charge in [0.25, 0.3) is 0 Å². The Balaban J connectivity index is 1.39. The van der Waals surface area contributed by atoms with Gasteiger partial charge in [0, 0.05) is 31.4 Å². The van der Waals surface area contributed by atoms with Crippen LogP contribution in [0.4, 0.5) is 10.2 Å². The van der Waals surface area contributed by atoms with Crippen molar-refractivity contribution in [1.82, 2.24) is 15.3 Å². The number of ether oxygens (including phenoxy) is 1. The lowest BCUT2D eigenvalue weighted by molar-refractivity contribution is -0.125. The van der Waals surface area contributed by atoms with Crippen molar-refractivity contribution in [3.8, 4) is 17.1 Å². The summed E-state index contributed by atoms with van der Waals surface area (Å²) < 4.78 is 18.4. The van der Waals surface area contributed by atoms with Gasteiger partial charge in [0.05, 0.1) is 13.0 Å². The van der Waals surface area contributed by atoms with Crippen LogP contribution in [0.25, 0.3) is 11.4 Å². The largest absolute Gasteiger partial charge is 0.497 e. The molecule has 4 rings (SSSR count). The minimum absolute atomic E-state index is 0.0494. The Labute approximate surface area is 181 Å². The van der Waals surface area contributed by atoms with Gasteiger partial charge in [0.1, 0.15) is 17.4 Å². The van der Waals surface area contributed by atoms with E-state index in [0.717, 1.165) is 42.1 Å². The van der Waals surface area contributed by atoms with Crippen LogP contribution in [0.2, 0.25) is 0 Å². The molecule has 2 heterocycles. The maximum atomic E-state index is 13.2. The Morgan fingerprint density at radius 2 is 1.94 bits per heavy atom. The minimum Gasteiger partial charge on any atom is -0.497 e. The van der Waals surface area contributed by atoms with Gasteiger partial charge in [-0.3, -0.25) is 4.79 Å². The summed E-state index contributed by atoms with van der Waals surface area (Å²) in [5.74, 6) is 1.78. The minimum atomic E-state index is -0.292. The van der Waals surface area contributed by atoms with Crippen molar-refractivity contribution >= 4 is 11.7 Å². The van der Waals surface area contributed by atoms with Crippen molar-refractivity contribution < 1.29 is 13.9 Å². The Morgan fingerprint density at radius 1 is 1.16 bits per heavy atom. The Bertz CT molecular complexity index is 1020. The van der Waals surface area contributed by atoms with Crippen molar-refractivity contribution in [2.45, 2.75) is 19.4 Å². The second-order valence-electron chi connectivity index (χ2n) is 7.60. The van der Waals surface area contributed by atoms with Gasteiger partial charge in [-0.2, -0.15) is 0 Å². The second kappa shape index (κ2) is 9.55. The summed E-state index contributed by atoms with van der Waals surface area (Å²) in [5, 5.41) is 3.05. The fraction of sp³-hybridized carbons (Fsp3) is 0.292. The van der Waals surface area contributed by atoms with Crippen LogP contribution in [0.1, 0.15) is 18.4 Å². The first-order chi connectivity index (χ1) is 15.1. The smallest absolute Gasteiger partial charge is 0.225 e. The first-order valence-electron chi connectivity index (χ1n) is 10.4. The number of rotatable bonds is 6. The number of carbonyl (C=O) groups excluding carboxylic acids is 1. The van der Waals surface area contributed by atoms with E-state index in [1.54, 1.807) is 25.4 Å². The number of hydrogen-bond acceptors (Lipinski definition) is 5. The molecule has 1 amide bonds. The number of benzene rings is 2. The average molecular weight is 420 g/mol. The molecule has 0 saturated carbocycles. The van der Waals surface area contributed by atoms with Crippen LogP contribution in [0.3, 0.4) is 0 Å². The highest BCUT2D eigenvalue weighted by molar-refractivity contribution is 5.79. The Morgan fingerprint density at radius 3 is 2.68 bits per heavy atom. The fourth-order valence-electron chi connectivity index (χ4n) is 3.74. The molecule has 0 bridgehead atoms. The quantitative estimate of drug-likeness (QED) is 0.657. The molecule has 1 aliphatic heterocycles. The van der Waals surface area contributed by atoms with E-state index in [1.807, 2.05) is 30.3 Å². The number of piperidine rings is 1. The maximum Gasteiger partial charge on any atom is 0.225 e. The molecule has 1 N–H and O–H groups in total. The molecule has 0 radical (unpaired) electrons. The van der Waals surface area contributed by atoms with Crippen molar-refractivity contribution in [2.75, 3.05) is 25.1 Å². The molecule has 3 aromatic rings. The van der Waals surface area contributed by atoms with E-state index in [4.69, 9.17) is 4.74 Å². The number of amides is 1. The molecule has 0 spiro atoms. The third-order valence-corrected chi connectivity index (χ3v) is 5.49. The first kappa shape index (κ1) is 20.8. The number of nitrogens with one attached hydrogen (secondary N) is 1. The number of nitrogens with zero attached hydrogens (tertiary/aromatic N) is 3. The lowest BCUT2D eigenvalue weighted by Gasteiger charge is -2.33. The molecule has 1 atom stereocenters. The third-order valence-electron chi connectivity index (χ3n) is 5.49. The van der Waals surface area contributed by atoms with Crippen LogP contribution in [-0.2, 0) is 11.3 Å². The molecule has 7 heteroatoms. The van der Waals surface area contributed by atoms with Gasteiger partial charge >= 0.3 is 0 Å². The van der Waals surface area contributed by atoms with Gasteiger partial charge in [-0.1, -0.05) is 12.1 Å². The zero-order valence-electron chi connectivity index (χ0n) is 17.4. The van der Waals surface area contributed by atoms with Crippen molar-refractivity contribution in [1.29, 1.82) is 0 Å². The van der Waals surface area contributed by atoms with E-state index in [0.29, 0.717) is 18.9 Å². The second-order valence-corrected chi connectivity index (χ2v) is 7.60. The molecule has 0 unspecified atom stereocenters. The van der Waals surface area contributed by atoms with Crippen LogP contribution < -0.4 is 15.0 Å². The number of anilines is 1. The summed E-state index contributed by atoms with van der Waals surface area (Å²) in [6, 6.07) is 15.7. The average Bonchev–Trinajstić information content (AvgIpc) is 2.83. The normalized spacial score (nSPS) is 16.1. The molecular formula is C24H25FN4O2. The van der Waals surface area contributed by atoms with Crippen molar-refractivity contribution in [3.05, 3.63) is 72.2 Å². The number of aromatic nitrogens is 2. The van der Waals surface area contributed by atoms with E-state index in [2.05, 4.69) is 20.2 Å². The van der Waals surface area contributed by atoms with Gasteiger partial charge < -0.3 is 15.0 Å². The lowest BCUT2D eigenvalue weighted by atomic mass is 9.97. The summed E-state index contributed by atoms with van der Waals surface area (Å²) in [6.07, 6.45) is 3.46. The molecule has 160 valence electrons. The van der Waals surface area contributed by atoms with Crippen LogP contribution >= 0.6 is 0 Å². The standard InChI is InChI=1S/C24H25FN4O2/c1-31-21-10-4-17(5-11-21)15-27-24(30)19-3-2-14-29(16-19)22-12-13-26-23(28-22)18-6-8-20(25)9-7-18/h4-13,19H,2-3,14-16H2,1H3,(H,27,30)/t19-/m0/s1. The molecule has 2 aromatic carbocycles. The van der Waals surface area contributed by atoms with Gasteiger partial charge in [-0.05, 0) is 60.9 Å². The van der Waals surface area contributed by atoms with Gasteiger partial charge in [0.15, 0.2) is 5.82 Å². The van der Waals surface area contributed by atoms with E-state index < -0.39 is 0 Å². The van der Waals surface area contributed by atoms with Crippen molar-refractivity contribution in [3.63, 3.8) is 0 Å². The van der Waals surface area contributed by atoms with Gasteiger partial charge in [-0.25, -0.2) is 14.4 Å². The highest BCUT2D eigenvalue weighted by atomic mass is 19.1. The molecule has 1 saturated heterocycles. The Kier molecular flexibility index (Phi) is 6.40. The summed E-state index contributed by atoms with van der Waals surface area (Å²) in [4.78, 5) is 23.8. The molecule has 1 fully saturated rings. The molecule has 0 aliphatic carbocycles. The molecule has 31 heavy (non-hydrogen) atoms. The topological polar surface area (TPSA) is 67.3 Å². The van der Waals surface area contributed by atoms with Crippen LogP contribution in [-0.4, -0.2) is 36.1 Å². The van der Waals surface area contributed by atoms with Crippen LogP contribution in [0.5, 0.6) is 5.75 Å². The summed E-state index contributed by atoms with van der Waals surface area (Å²) >= 11 is 0. The summed E-state index contributed by atoms with van der Waals surface area (Å²) in [7, 11) is 1.63. The molecule has 1 aliphatic rings. The lowest BCUT2D eigenvalue weighted by Crippen LogP contribution is -2.43. The highest BCUT2D eigenvalue weighted by Crippen LogP contribution is 2.24. The third kappa shape index (κ3) is 5.17. The van der Waals surface area contributed by atoms with E-state index in [9.17, 15) is 9.18 Å². The van der Waals surface area contributed by atoms with Crippen LogP contribution in [0.15, 0.2) is 60.8 Å². The highest BCUT2D eigenvalue weighted by Gasteiger charge is 2.26. The number of methoxy groups -OCH3 is 1. The number of hydrogen-bond donors (Lipinski definition) is 1. The summed E-state index contributed by atoms with van der Waals surface area (Å²) in [6.45, 7) is 1.93. The van der Waals surface area contributed by atoms with Gasteiger partial charge in [0.2, 0.25) is 5.91 Å². The Hall–Kier alpha value is -3.48. The predicted molar refractivity (Wildman–Crippen MR) is 117 cm³/mol. The first-order valence-corrected chi connectivity index (χ1v) is 10.4. The van der Waals surface area contributed by atoms with E-state index >= 15 is 0 Å². The van der Waals surface area contributed by atoms with E-state index in [1.165, 1.54) is 12.1 Å². The molecular weight excluding hydrogens is 395 g/mol. The monoisotopic (exact) mass is 420 g/mol. The fourth-order valence-corrected chi connectivity index (χ4v) is 3.74. The number of halogens is 1. The molecule has 1 aromatic heterocycles. The molecule has 6 nitrogen and oxygen atoms in total. The van der Waals surface area contributed by atoms with E-state index in [-0.39, 0.29) is 17.6 Å². The predicted octanol–water partition coefficient (Wildman–Crippen LogP) is 3.82. The zero-order valence-corrected chi connectivity index (χ0v) is 17.4. The van der Waals surface area contributed by atoms with Gasteiger partial charge in [-0.15, -0.1) is 0 Å². The summed E-state index contributed by atoms with van der Waals surface area (Å²) in [5.41, 5.74) is 1.79. The maximum absolute atomic E-state index is 13.2.